The summed E-state index contributed by atoms with van der Waals surface area (Å²) in [6.45, 7) is 4.22. The van der Waals surface area contributed by atoms with Gasteiger partial charge in [0.25, 0.3) is 0 Å². The van der Waals surface area contributed by atoms with E-state index in [-0.39, 0.29) is 17.5 Å². The molecule has 1 saturated heterocycles. The first-order chi connectivity index (χ1) is 6.09. The average molecular weight is 183 g/mol. The zero-order valence-corrected chi connectivity index (χ0v) is 7.87. The SMILES string of the molecule is CC(C)CC(=O)N=C1CCOC1=O. The predicted octanol–water partition coefficient (Wildman–Crippen LogP) is 0.947. The smallest absolute Gasteiger partial charge is 0.352 e. The van der Waals surface area contributed by atoms with Crippen LogP contribution in [-0.4, -0.2) is 24.2 Å². The van der Waals surface area contributed by atoms with E-state index < -0.39 is 5.97 Å². The third kappa shape index (κ3) is 2.97. The summed E-state index contributed by atoms with van der Waals surface area (Å²) in [6.07, 6.45) is 0.847. The Bertz CT molecular complexity index is 256. The van der Waals surface area contributed by atoms with E-state index in [0.29, 0.717) is 19.4 Å². The van der Waals surface area contributed by atoms with Crippen LogP contribution in [0.25, 0.3) is 0 Å². The van der Waals surface area contributed by atoms with Gasteiger partial charge in [0.1, 0.15) is 5.71 Å². The van der Waals surface area contributed by atoms with E-state index >= 15 is 0 Å². The number of nitrogens with zero attached hydrogens (tertiary/aromatic N) is 1. The molecule has 1 heterocycles. The van der Waals surface area contributed by atoms with Gasteiger partial charge in [-0.2, -0.15) is 0 Å². The van der Waals surface area contributed by atoms with Gasteiger partial charge in [0, 0.05) is 12.8 Å². The molecule has 0 saturated carbocycles. The molecule has 0 N–H and O–H groups in total. The largest absolute Gasteiger partial charge is 0.461 e. The molecular weight excluding hydrogens is 170 g/mol. The van der Waals surface area contributed by atoms with Gasteiger partial charge in [-0.15, -0.1) is 0 Å². The maximum absolute atomic E-state index is 11.2. The van der Waals surface area contributed by atoms with Crippen molar-refractivity contribution in [3.8, 4) is 0 Å². The number of hydrogen-bond donors (Lipinski definition) is 0. The van der Waals surface area contributed by atoms with E-state index in [0.717, 1.165) is 0 Å². The fourth-order valence-electron chi connectivity index (χ4n) is 1.07. The summed E-state index contributed by atoms with van der Waals surface area (Å²) in [4.78, 5) is 25.8. The number of cyclic esters (lactones) is 1. The number of aliphatic imine (C=N–C) groups is 1. The van der Waals surface area contributed by atoms with Crippen molar-refractivity contribution < 1.29 is 14.3 Å². The van der Waals surface area contributed by atoms with Crippen LogP contribution in [-0.2, 0) is 14.3 Å². The van der Waals surface area contributed by atoms with Crippen LogP contribution < -0.4 is 0 Å². The molecule has 1 fully saturated rings. The number of hydrogen-bond acceptors (Lipinski definition) is 3. The zero-order valence-electron chi connectivity index (χ0n) is 7.87. The van der Waals surface area contributed by atoms with E-state index in [4.69, 9.17) is 0 Å². The molecule has 0 atom stereocenters. The minimum absolute atomic E-state index is 0.233. The minimum atomic E-state index is -0.447. The highest BCUT2D eigenvalue weighted by molar-refractivity contribution is 6.39. The van der Waals surface area contributed by atoms with Crippen LogP contribution in [0, 0.1) is 5.92 Å². The average Bonchev–Trinajstić information content (AvgIpc) is 2.34. The monoisotopic (exact) mass is 183 g/mol. The van der Waals surface area contributed by atoms with Crippen molar-refractivity contribution in [1.29, 1.82) is 0 Å². The lowest BCUT2D eigenvalue weighted by Gasteiger charge is -1.98. The van der Waals surface area contributed by atoms with E-state index in [1.54, 1.807) is 0 Å². The lowest BCUT2D eigenvalue weighted by atomic mass is 10.1. The fourth-order valence-corrected chi connectivity index (χ4v) is 1.07. The molecule has 0 aromatic carbocycles. The molecule has 1 aliphatic rings. The minimum Gasteiger partial charge on any atom is -0.461 e. The summed E-state index contributed by atoms with van der Waals surface area (Å²) in [7, 11) is 0. The molecule has 72 valence electrons. The predicted molar refractivity (Wildman–Crippen MR) is 47.5 cm³/mol. The molecule has 1 rings (SSSR count). The lowest BCUT2D eigenvalue weighted by Crippen LogP contribution is -2.10. The first kappa shape index (κ1) is 9.89. The van der Waals surface area contributed by atoms with Gasteiger partial charge in [-0.3, -0.25) is 4.79 Å². The van der Waals surface area contributed by atoms with Gasteiger partial charge >= 0.3 is 5.97 Å². The number of carbonyl (C=O) groups excluding carboxylic acids is 2. The third-order valence-electron chi connectivity index (χ3n) is 1.65. The van der Waals surface area contributed by atoms with Gasteiger partial charge < -0.3 is 4.74 Å². The normalized spacial score (nSPS) is 19.6. The maximum atomic E-state index is 11.2. The summed E-state index contributed by atoms with van der Waals surface area (Å²) in [5.74, 6) is -0.407. The highest BCUT2D eigenvalue weighted by Crippen LogP contribution is 2.06. The molecule has 13 heavy (non-hydrogen) atoms. The Balaban J connectivity index is 2.54. The van der Waals surface area contributed by atoms with Gasteiger partial charge in [-0.25, -0.2) is 9.79 Å². The Labute approximate surface area is 77.0 Å². The highest BCUT2D eigenvalue weighted by Gasteiger charge is 2.21. The van der Waals surface area contributed by atoms with E-state index in [1.807, 2.05) is 13.8 Å². The summed E-state index contributed by atoms with van der Waals surface area (Å²) in [6, 6.07) is 0. The van der Waals surface area contributed by atoms with Gasteiger partial charge in [0.05, 0.1) is 6.61 Å². The molecule has 0 aromatic heterocycles. The number of ether oxygens (including phenoxy) is 1. The molecule has 0 aromatic rings. The Hall–Kier alpha value is -1.19. The third-order valence-corrected chi connectivity index (χ3v) is 1.65. The molecule has 0 aliphatic carbocycles. The number of carbonyl (C=O) groups is 2. The van der Waals surface area contributed by atoms with Crippen molar-refractivity contribution in [1.82, 2.24) is 0 Å². The Morgan fingerprint density at radius 2 is 2.31 bits per heavy atom. The van der Waals surface area contributed by atoms with Crippen molar-refractivity contribution in [2.24, 2.45) is 10.9 Å². The van der Waals surface area contributed by atoms with E-state index in [1.165, 1.54) is 0 Å². The second-order valence-corrected chi connectivity index (χ2v) is 3.44. The first-order valence-corrected chi connectivity index (χ1v) is 4.37. The highest BCUT2D eigenvalue weighted by atomic mass is 16.5. The number of amides is 1. The van der Waals surface area contributed by atoms with Crippen LogP contribution in [0.4, 0.5) is 0 Å². The second-order valence-electron chi connectivity index (χ2n) is 3.44. The first-order valence-electron chi connectivity index (χ1n) is 4.37. The van der Waals surface area contributed by atoms with Gasteiger partial charge in [-0.05, 0) is 5.92 Å². The van der Waals surface area contributed by atoms with Crippen molar-refractivity contribution >= 4 is 17.6 Å². The molecule has 0 radical (unpaired) electrons. The summed E-state index contributed by atoms with van der Waals surface area (Å²) >= 11 is 0. The van der Waals surface area contributed by atoms with Crippen LogP contribution in [0.15, 0.2) is 4.99 Å². The Morgan fingerprint density at radius 1 is 1.62 bits per heavy atom. The summed E-state index contributed by atoms with van der Waals surface area (Å²) < 4.78 is 4.65. The van der Waals surface area contributed by atoms with Crippen molar-refractivity contribution in [3.63, 3.8) is 0 Å². The van der Waals surface area contributed by atoms with E-state index in [9.17, 15) is 9.59 Å². The van der Waals surface area contributed by atoms with Crippen LogP contribution in [0.3, 0.4) is 0 Å². The topological polar surface area (TPSA) is 55.7 Å². The Kier molecular flexibility index (Phi) is 3.17. The number of esters is 1. The van der Waals surface area contributed by atoms with Crippen molar-refractivity contribution in [3.05, 3.63) is 0 Å². The van der Waals surface area contributed by atoms with Crippen molar-refractivity contribution in [2.45, 2.75) is 26.7 Å². The van der Waals surface area contributed by atoms with Gasteiger partial charge in [-0.1, -0.05) is 13.8 Å². The quantitative estimate of drug-likeness (QED) is 0.599. The fraction of sp³-hybridized carbons (Fsp3) is 0.667. The molecule has 0 unspecified atom stereocenters. The summed E-state index contributed by atoms with van der Waals surface area (Å²) in [5, 5.41) is 0. The molecule has 1 aliphatic heterocycles. The second kappa shape index (κ2) is 4.16. The molecule has 1 amide bonds. The summed E-state index contributed by atoms with van der Waals surface area (Å²) in [5.41, 5.74) is 0.269. The maximum Gasteiger partial charge on any atom is 0.352 e. The number of rotatable bonds is 2. The standard InChI is InChI=1S/C9H13NO3/c1-6(2)5-8(11)10-7-3-4-13-9(7)12/h6H,3-5H2,1-2H3. The van der Waals surface area contributed by atoms with Crippen LogP contribution in [0.2, 0.25) is 0 Å². The van der Waals surface area contributed by atoms with Crippen LogP contribution in [0.5, 0.6) is 0 Å². The molecule has 4 nitrogen and oxygen atoms in total. The molecular formula is C9H13NO3. The van der Waals surface area contributed by atoms with Gasteiger partial charge in [0.2, 0.25) is 5.91 Å². The zero-order chi connectivity index (χ0) is 9.84. The van der Waals surface area contributed by atoms with Gasteiger partial charge in [0.15, 0.2) is 0 Å². The molecule has 4 heteroatoms. The molecule has 0 spiro atoms. The van der Waals surface area contributed by atoms with Crippen LogP contribution >= 0.6 is 0 Å². The van der Waals surface area contributed by atoms with E-state index in [2.05, 4.69) is 9.73 Å². The van der Waals surface area contributed by atoms with Crippen molar-refractivity contribution in [2.75, 3.05) is 6.61 Å². The lowest BCUT2D eigenvalue weighted by molar-refractivity contribution is -0.133. The molecule has 0 bridgehead atoms. The van der Waals surface area contributed by atoms with Crippen LogP contribution in [0.1, 0.15) is 26.7 Å². The Morgan fingerprint density at radius 3 is 2.77 bits per heavy atom.